The number of hydrogen-bond acceptors (Lipinski definition) is 8. The number of fused-ring (bicyclic) bond motifs is 2. The maximum Gasteiger partial charge on any atom is 0.285 e. The number of piperidine rings is 1. The number of nitro benzene ring substituents is 1. The second-order valence-corrected chi connectivity index (χ2v) is 9.43. The lowest BCUT2D eigenvalue weighted by Gasteiger charge is -2.12. The highest BCUT2D eigenvalue weighted by Gasteiger charge is 2.51. The number of rotatable bonds is 6. The summed E-state index contributed by atoms with van der Waals surface area (Å²) in [5, 5.41) is 19.3. The highest BCUT2D eigenvalue weighted by atomic mass is 35.5. The molecule has 1 aliphatic carbocycles. The van der Waals surface area contributed by atoms with E-state index in [4.69, 9.17) is 16.3 Å². The lowest BCUT2D eigenvalue weighted by Crippen LogP contribution is -2.13. The van der Waals surface area contributed by atoms with Crippen molar-refractivity contribution in [3.8, 4) is 17.6 Å². The minimum atomic E-state index is -0.417. The number of nitro groups is 1. The zero-order valence-corrected chi connectivity index (χ0v) is 20.3. The minimum Gasteiger partial charge on any atom is -0.486 e. The lowest BCUT2D eigenvalue weighted by molar-refractivity contribution is -0.385. The molecule has 1 aliphatic heterocycles. The predicted molar refractivity (Wildman–Crippen MR) is 140 cm³/mol. The molecular weight excluding hydrogens is 492 g/mol. The molecule has 1 saturated carbocycles. The topological polar surface area (TPSA) is 115 Å². The first-order valence-corrected chi connectivity index (χ1v) is 12.2. The van der Waals surface area contributed by atoms with Crippen LogP contribution >= 0.6 is 11.6 Å². The van der Waals surface area contributed by atoms with E-state index in [1.54, 1.807) is 30.5 Å². The Morgan fingerprint density at radius 1 is 1.14 bits per heavy atom. The Bertz CT molecular complexity index is 1560. The number of anilines is 2. The molecule has 2 aromatic heterocycles. The van der Waals surface area contributed by atoms with Crippen LogP contribution in [0, 0.1) is 39.7 Å². The highest BCUT2D eigenvalue weighted by Crippen LogP contribution is 2.48. The molecule has 4 aromatic rings. The summed E-state index contributed by atoms with van der Waals surface area (Å²) in [4.78, 5) is 24.3. The largest absolute Gasteiger partial charge is 0.486 e. The van der Waals surface area contributed by atoms with E-state index < -0.39 is 4.92 Å². The molecule has 1 saturated heterocycles. The number of halogens is 1. The summed E-state index contributed by atoms with van der Waals surface area (Å²) >= 11 is 6.44. The summed E-state index contributed by atoms with van der Waals surface area (Å²) in [6.07, 6.45) is 3.12. The van der Waals surface area contributed by atoms with Crippen molar-refractivity contribution in [2.24, 2.45) is 17.8 Å². The lowest BCUT2D eigenvalue weighted by atomic mass is 10.1. The Balaban J connectivity index is 1.25. The van der Waals surface area contributed by atoms with Gasteiger partial charge in [-0.15, -0.1) is 0 Å². The van der Waals surface area contributed by atoms with Gasteiger partial charge in [-0.3, -0.25) is 15.1 Å². The van der Waals surface area contributed by atoms with Crippen LogP contribution in [-0.4, -0.2) is 33.0 Å². The highest BCUT2D eigenvalue weighted by molar-refractivity contribution is 6.32. The molecule has 0 spiro atoms. The van der Waals surface area contributed by atoms with E-state index in [0.717, 1.165) is 18.8 Å². The number of nitrogens with one attached hydrogen (secondary N) is 2. The van der Waals surface area contributed by atoms with E-state index in [0.29, 0.717) is 56.5 Å². The summed E-state index contributed by atoms with van der Waals surface area (Å²) in [6, 6.07) is 14.0. The smallest absolute Gasteiger partial charge is 0.285 e. The molecule has 1 unspecified atom stereocenters. The Labute approximate surface area is 217 Å². The van der Waals surface area contributed by atoms with Crippen molar-refractivity contribution in [2.75, 3.05) is 18.4 Å². The van der Waals surface area contributed by atoms with Gasteiger partial charge in [0.1, 0.15) is 30.1 Å². The third kappa shape index (κ3) is 4.77. The van der Waals surface area contributed by atoms with Gasteiger partial charge in [0.25, 0.3) is 5.69 Å². The number of aromatic nitrogens is 3. The van der Waals surface area contributed by atoms with Crippen molar-refractivity contribution < 1.29 is 9.66 Å². The van der Waals surface area contributed by atoms with E-state index in [-0.39, 0.29) is 12.3 Å². The molecule has 3 atom stereocenters. The molecule has 0 bridgehead atoms. The molecule has 2 N–H and O–H groups in total. The van der Waals surface area contributed by atoms with Gasteiger partial charge in [-0.05, 0) is 61.3 Å². The molecular formula is C27H21ClN6O3. The average Bonchev–Trinajstić information content (AvgIpc) is 3.32. The first-order valence-electron chi connectivity index (χ1n) is 11.8. The maximum atomic E-state index is 11.9. The third-order valence-corrected chi connectivity index (χ3v) is 7.01. The minimum absolute atomic E-state index is 0.0712. The van der Waals surface area contributed by atoms with E-state index in [1.807, 2.05) is 18.2 Å². The summed E-state index contributed by atoms with van der Waals surface area (Å²) in [6.45, 7) is 2.22. The van der Waals surface area contributed by atoms with Gasteiger partial charge < -0.3 is 15.4 Å². The van der Waals surface area contributed by atoms with Crippen LogP contribution in [0.15, 0.2) is 61.1 Å². The zero-order chi connectivity index (χ0) is 25.4. The summed E-state index contributed by atoms with van der Waals surface area (Å²) in [7, 11) is 0. The Morgan fingerprint density at radius 2 is 2.00 bits per heavy atom. The maximum absolute atomic E-state index is 11.9. The fourth-order valence-corrected chi connectivity index (χ4v) is 4.94. The second-order valence-electron chi connectivity index (χ2n) is 9.03. The third-order valence-electron chi connectivity index (χ3n) is 6.71. The van der Waals surface area contributed by atoms with Crippen molar-refractivity contribution in [1.82, 2.24) is 20.3 Å². The monoisotopic (exact) mass is 512 g/mol. The first-order chi connectivity index (χ1) is 18.1. The van der Waals surface area contributed by atoms with Crippen LogP contribution in [0.1, 0.15) is 11.3 Å². The van der Waals surface area contributed by atoms with Crippen LogP contribution < -0.4 is 15.4 Å². The average molecular weight is 513 g/mol. The van der Waals surface area contributed by atoms with E-state index in [1.165, 1.54) is 12.4 Å². The van der Waals surface area contributed by atoms with Crippen LogP contribution in [0.5, 0.6) is 5.75 Å². The van der Waals surface area contributed by atoms with E-state index >= 15 is 0 Å². The van der Waals surface area contributed by atoms with Gasteiger partial charge in [0.2, 0.25) is 0 Å². The molecule has 184 valence electrons. The fraction of sp³-hybridized carbons (Fsp3) is 0.222. The van der Waals surface area contributed by atoms with E-state index in [9.17, 15) is 10.1 Å². The Morgan fingerprint density at radius 3 is 2.76 bits per heavy atom. The SMILES string of the molecule is O=[N+]([O-])c1cc2c(Nc3ccc(OCc4ccccn4)c(Cl)c3)ncnc2cc1C#CC1[C@H]2CNC[C@@H]12. The Kier molecular flexibility index (Phi) is 6.04. The van der Waals surface area contributed by atoms with E-state index in [2.05, 4.69) is 37.4 Å². The van der Waals surface area contributed by atoms with Crippen molar-refractivity contribution >= 4 is 39.7 Å². The zero-order valence-electron chi connectivity index (χ0n) is 19.5. The van der Waals surface area contributed by atoms with Gasteiger partial charge in [0, 0.05) is 29.3 Å². The van der Waals surface area contributed by atoms with Crippen molar-refractivity contribution in [2.45, 2.75) is 6.61 Å². The number of benzene rings is 2. The van der Waals surface area contributed by atoms with Gasteiger partial charge in [-0.25, -0.2) is 9.97 Å². The number of ether oxygens (including phenoxy) is 1. The van der Waals surface area contributed by atoms with Crippen LogP contribution in [-0.2, 0) is 6.61 Å². The molecule has 10 heteroatoms. The summed E-state index contributed by atoms with van der Waals surface area (Å²) in [5.74, 6) is 8.65. The molecule has 3 heterocycles. The molecule has 2 aliphatic rings. The summed E-state index contributed by atoms with van der Waals surface area (Å²) in [5.41, 5.74) is 2.29. The van der Waals surface area contributed by atoms with Crippen molar-refractivity contribution in [3.63, 3.8) is 0 Å². The van der Waals surface area contributed by atoms with Gasteiger partial charge in [-0.1, -0.05) is 29.5 Å². The van der Waals surface area contributed by atoms with Crippen LogP contribution in [0.4, 0.5) is 17.2 Å². The number of nitrogens with zero attached hydrogens (tertiary/aromatic N) is 4. The first kappa shape index (κ1) is 23.2. The van der Waals surface area contributed by atoms with Gasteiger partial charge in [-0.2, -0.15) is 0 Å². The molecule has 9 nitrogen and oxygen atoms in total. The second kappa shape index (κ2) is 9.65. The van der Waals surface area contributed by atoms with Crippen molar-refractivity contribution in [1.29, 1.82) is 0 Å². The normalized spacial score (nSPS) is 19.5. The molecule has 2 fully saturated rings. The standard InChI is InChI=1S/C27H21ClN6O3/c28-23-10-17(5-7-26(23)37-14-18-3-1-2-8-30-18)33-27-20-11-25(34(35)36)16(9-24(20)31-15-32-27)4-6-19-21-12-29-13-22(19)21/h1-3,5,7-11,15,19,21-22,29H,12-14H2,(H,31,32,33)/t19?,21-,22+. The van der Waals surface area contributed by atoms with Crippen LogP contribution in [0.25, 0.3) is 10.9 Å². The number of pyridine rings is 1. The summed E-state index contributed by atoms with van der Waals surface area (Å²) < 4.78 is 5.78. The van der Waals surface area contributed by atoms with Gasteiger partial charge in [0.15, 0.2) is 0 Å². The van der Waals surface area contributed by atoms with Crippen LogP contribution in [0.2, 0.25) is 5.02 Å². The predicted octanol–water partition coefficient (Wildman–Crippen LogP) is 4.73. The molecule has 0 radical (unpaired) electrons. The fourth-order valence-electron chi connectivity index (χ4n) is 4.70. The molecule has 2 aromatic carbocycles. The Hall–Kier alpha value is -4.26. The molecule has 0 amide bonds. The molecule has 37 heavy (non-hydrogen) atoms. The van der Waals surface area contributed by atoms with Crippen molar-refractivity contribution in [3.05, 3.63) is 87.4 Å². The number of hydrogen-bond donors (Lipinski definition) is 2. The molecule has 6 rings (SSSR count). The van der Waals surface area contributed by atoms with Gasteiger partial charge in [0.05, 0.1) is 21.2 Å². The quantitative estimate of drug-likeness (QED) is 0.216. The van der Waals surface area contributed by atoms with Gasteiger partial charge >= 0.3 is 0 Å². The van der Waals surface area contributed by atoms with Crippen LogP contribution in [0.3, 0.4) is 0 Å².